The molecule has 0 bridgehead atoms. The molecule has 0 fully saturated rings. The maximum Gasteiger partial charge on any atom is 0.242 e. The zero-order chi connectivity index (χ0) is 13.0. The molecule has 0 amide bonds. The van der Waals surface area contributed by atoms with Gasteiger partial charge in [-0.25, -0.2) is 4.98 Å². The molecule has 2 rings (SSSR count). The minimum Gasteiger partial charge on any atom is -0.476 e. The predicted octanol–water partition coefficient (Wildman–Crippen LogP) is 1.97. The fourth-order valence-corrected chi connectivity index (χ4v) is 1.52. The fourth-order valence-electron chi connectivity index (χ4n) is 1.52. The summed E-state index contributed by atoms with van der Waals surface area (Å²) in [7, 11) is 0. The third-order valence-electron chi connectivity index (χ3n) is 2.35. The Labute approximate surface area is 105 Å². The van der Waals surface area contributed by atoms with Crippen molar-refractivity contribution in [3.8, 4) is 5.88 Å². The first-order chi connectivity index (χ1) is 8.70. The van der Waals surface area contributed by atoms with E-state index in [-0.39, 0.29) is 0 Å². The van der Waals surface area contributed by atoms with Gasteiger partial charge in [0.05, 0.1) is 13.2 Å². The van der Waals surface area contributed by atoms with Crippen molar-refractivity contribution in [2.75, 3.05) is 17.7 Å². The van der Waals surface area contributed by atoms with Gasteiger partial charge in [-0.15, -0.1) is 0 Å². The molecule has 0 unspecified atom stereocenters. The smallest absolute Gasteiger partial charge is 0.242 e. The lowest BCUT2D eigenvalue weighted by Gasteiger charge is -2.10. The van der Waals surface area contributed by atoms with E-state index in [0.717, 1.165) is 11.5 Å². The molecular weight excluding hydrogens is 232 g/mol. The van der Waals surface area contributed by atoms with E-state index in [2.05, 4.69) is 15.3 Å². The average molecular weight is 248 g/mol. The van der Waals surface area contributed by atoms with Crippen molar-refractivity contribution in [3.63, 3.8) is 0 Å². The molecule has 0 radical (unpaired) electrons. The topological polar surface area (TPSA) is 86.2 Å². The third kappa shape index (κ3) is 2.71. The molecule has 3 N–H and O–H groups in total. The predicted molar refractivity (Wildman–Crippen MR) is 68.4 cm³/mol. The van der Waals surface area contributed by atoms with E-state index in [1.807, 2.05) is 26.0 Å². The molecule has 0 saturated heterocycles. The van der Waals surface area contributed by atoms with Gasteiger partial charge in [0.15, 0.2) is 5.82 Å². The molecule has 2 heterocycles. The summed E-state index contributed by atoms with van der Waals surface area (Å²) in [6, 6.07) is 3.81. The first-order valence-corrected chi connectivity index (χ1v) is 5.73. The van der Waals surface area contributed by atoms with Crippen molar-refractivity contribution in [2.24, 2.45) is 0 Å². The molecule has 2 aromatic rings. The van der Waals surface area contributed by atoms with E-state index >= 15 is 0 Å². The highest BCUT2D eigenvalue weighted by Crippen LogP contribution is 2.24. The quantitative estimate of drug-likeness (QED) is 0.841. The lowest BCUT2D eigenvalue weighted by Crippen LogP contribution is -2.07. The number of ether oxygens (including phenoxy) is 1. The minimum atomic E-state index is 0.394. The monoisotopic (exact) mass is 248 g/mol. The summed E-state index contributed by atoms with van der Waals surface area (Å²) in [6.07, 6.45) is 1.41. The summed E-state index contributed by atoms with van der Waals surface area (Å²) >= 11 is 0. The molecule has 0 aliphatic heterocycles. The van der Waals surface area contributed by atoms with Crippen LogP contribution in [0.15, 0.2) is 22.9 Å². The van der Waals surface area contributed by atoms with Crippen LogP contribution >= 0.6 is 0 Å². The summed E-state index contributed by atoms with van der Waals surface area (Å²) in [6.45, 7) is 4.80. The average Bonchev–Trinajstić information content (AvgIpc) is 2.77. The maximum absolute atomic E-state index is 5.90. The number of aryl methyl sites for hydroxylation is 1. The zero-order valence-corrected chi connectivity index (χ0v) is 10.4. The summed E-state index contributed by atoms with van der Waals surface area (Å²) in [5.74, 6) is 2.63. The van der Waals surface area contributed by atoms with Gasteiger partial charge in [0.2, 0.25) is 5.88 Å². The lowest BCUT2D eigenvalue weighted by atomic mass is 10.4. The van der Waals surface area contributed by atoms with Crippen LogP contribution in [-0.2, 0) is 6.54 Å². The van der Waals surface area contributed by atoms with Gasteiger partial charge in [-0.3, -0.25) is 0 Å². The molecule has 0 spiro atoms. The van der Waals surface area contributed by atoms with Crippen LogP contribution in [0.1, 0.15) is 18.4 Å². The van der Waals surface area contributed by atoms with Gasteiger partial charge >= 0.3 is 0 Å². The van der Waals surface area contributed by atoms with Crippen LogP contribution in [0.5, 0.6) is 5.88 Å². The highest BCUT2D eigenvalue weighted by atomic mass is 16.5. The van der Waals surface area contributed by atoms with Crippen molar-refractivity contribution in [1.29, 1.82) is 0 Å². The lowest BCUT2D eigenvalue weighted by molar-refractivity contribution is 0.328. The second kappa shape index (κ2) is 5.39. The Bertz CT molecular complexity index is 525. The van der Waals surface area contributed by atoms with Crippen LogP contribution in [0.2, 0.25) is 0 Å². The highest BCUT2D eigenvalue weighted by Gasteiger charge is 2.09. The molecule has 0 atom stereocenters. The van der Waals surface area contributed by atoms with Crippen LogP contribution < -0.4 is 15.8 Å². The largest absolute Gasteiger partial charge is 0.476 e. The summed E-state index contributed by atoms with van der Waals surface area (Å²) in [5, 5.41) is 3.09. The first-order valence-electron chi connectivity index (χ1n) is 5.73. The molecule has 0 aliphatic rings. The van der Waals surface area contributed by atoms with Crippen LogP contribution in [-0.4, -0.2) is 16.6 Å². The standard InChI is InChI=1S/C12H16N4O2/c1-3-17-12-10(13)11(15-7-16-12)14-6-9-5-4-8(2)18-9/h4-5,7H,3,6,13H2,1-2H3,(H,14,15,16). The van der Waals surface area contributed by atoms with Gasteiger partial charge in [-0.2, -0.15) is 4.98 Å². The van der Waals surface area contributed by atoms with E-state index in [9.17, 15) is 0 Å². The van der Waals surface area contributed by atoms with Gasteiger partial charge in [-0.05, 0) is 26.0 Å². The van der Waals surface area contributed by atoms with Crippen LogP contribution in [0, 0.1) is 6.92 Å². The molecule has 0 saturated carbocycles. The summed E-state index contributed by atoms with van der Waals surface area (Å²) in [5.41, 5.74) is 6.30. The second-order valence-corrected chi connectivity index (χ2v) is 3.74. The molecule has 0 aromatic carbocycles. The summed E-state index contributed by atoms with van der Waals surface area (Å²) in [4.78, 5) is 8.04. The zero-order valence-electron chi connectivity index (χ0n) is 10.4. The van der Waals surface area contributed by atoms with E-state index in [1.54, 1.807) is 0 Å². The second-order valence-electron chi connectivity index (χ2n) is 3.74. The maximum atomic E-state index is 5.90. The van der Waals surface area contributed by atoms with Gasteiger partial charge in [0, 0.05) is 0 Å². The van der Waals surface area contributed by atoms with Crippen LogP contribution in [0.3, 0.4) is 0 Å². The van der Waals surface area contributed by atoms with Crippen LogP contribution in [0.25, 0.3) is 0 Å². The summed E-state index contributed by atoms with van der Waals surface area (Å²) < 4.78 is 10.7. The highest BCUT2D eigenvalue weighted by molar-refractivity contribution is 5.66. The Hall–Kier alpha value is -2.24. The molecule has 96 valence electrons. The number of rotatable bonds is 5. The number of aromatic nitrogens is 2. The number of hydrogen-bond donors (Lipinski definition) is 2. The Morgan fingerprint density at radius 2 is 2.22 bits per heavy atom. The van der Waals surface area contributed by atoms with Gasteiger partial charge in [0.25, 0.3) is 0 Å². The number of furan rings is 1. The van der Waals surface area contributed by atoms with Crippen molar-refractivity contribution in [1.82, 2.24) is 9.97 Å². The van der Waals surface area contributed by atoms with Gasteiger partial charge in [-0.1, -0.05) is 0 Å². The number of anilines is 2. The van der Waals surface area contributed by atoms with Crippen molar-refractivity contribution in [3.05, 3.63) is 30.0 Å². The molecule has 18 heavy (non-hydrogen) atoms. The van der Waals surface area contributed by atoms with Crippen molar-refractivity contribution >= 4 is 11.5 Å². The Morgan fingerprint density at radius 3 is 2.89 bits per heavy atom. The van der Waals surface area contributed by atoms with Crippen molar-refractivity contribution < 1.29 is 9.15 Å². The normalized spacial score (nSPS) is 10.3. The molecule has 6 heteroatoms. The number of nitrogens with two attached hydrogens (primary N) is 1. The Kier molecular flexibility index (Phi) is 3.66. The number of nitrogens with one attached hydrogen (secondary N) is 1. The number of nitrogen functional groups attached to an aromatic ring is 1. The van der Waals surface area contributed by atoms with E-state index < -0.39 is 0 Å². The van der Waals surface area contributed by atoms with Crippen LogP contribution in [0.4, 0.5) is 11.5 Å². The Balaban J connectivity index is 2.07. The molecular formula is C12H16N4O2. The van der Waals surface area contributed by atoms with E-state index in [4.69, 9.17) is 14.9 Å². The SMILES string of the molecule is CCOc1ncnc(NCc2ccc(C)o2)c1N. The van der Waals surface area contributed by atoms with E-state index in [0.29, 0.717) is 30.5 Å². The van der Waals surface area contributed by atoms with Gasteiger partial charge < -0.3 is 20.2 Å². The molecule has 6 nitrogen and oxygen atoms in total. The van der Waals surface area contributed by atoms with E-state index in [1.165, 1.54) is 6.33 Å². The third-order valence-corrected chi connectivity index (χ3v) is 2.35. The molecule has 0 aliphatic carbocycles. The number of nitrogens with zero attached hydrogens (tertiary/aromatic N) is 2. The fraction of sp³-hybridized carbons (Fsp3) is 0.333. The first kappa shape index (κ1) is 12.2. The number of hydrogen-bond acceptors (Lipinski definition) is 6. The van der Waals surface area contributed by atoms with Gasteiger partial charge in [0.1, 0.15) is 23.5 Å². The molecule has 2 aromatic heterocycles. The minimum absolute atomic E-state index is 0.394. The Morgan fingerprint density at radius 1 is 1.39 bits per heavy atom. The van der Waals surface area contributed by atoms with Crippen molar-refractivity contribution in [2.45, 2.75) is 20.4 Å².